The van der Waals surface area contributed by atoms with Crippen LogP contribution in [0.5, 0.6) is 5.75 Å². The van der Waals surface area contributed by atoms with Crippen molar-refractivity contribution in [2.24, 2.45) is 0 Å². The van der Waals surface area contributed by atoms with E-state index in [0.29, 0.717) is 5.02 Å². The first kappa shape index (κ1) is 13.1. The Bertz CT molecular complexity index is 397. The molecule has 0 heterocycles. The Hall–Kier alpha value is -0.930. The van der Waals surface area contributed by atoms with Crippen molar-refractivity contribution in [2.75, 3.05) is 0 Å². The van der Waals surface area contributed by atoms with Gasteiger partial charge in [-0.1, -0.05) is 23.2 Å². The second kappa shape index (κ2) is 4.93. The van der Waals surface area contributed by atoms with Crippen LogP contribution < -0.4 is 4.74 Å². The van der Waals surface area contributed by atoms with Crippen molar-refractivity contribution in [3.8, 4) is 5.75 Å². The summed E-state index contributed by atoms with van der Waals surface area (Å²) in [5, 5.41) is 0.736. The Kier molecular flexibility index (Phi) is 4.05. The molecule has 3 nitrogen and oxygen atoms in total. The third kappa shape index (κ3) is 4.29. The highest BCUT2D eigenvalue weighted by molar-refractivity contribution is 6.35. The molecule has 0 aliphatic rings. The lowest BCUT2D eigenvalue weighted by Gasteiger charge is -2.18. The van der Waals surface area contributed by atoms with E-state index in [9.17, 15) is 4.79 Å². The van der Waals surface area contributed by atoms with Crippen LogP contribution in [0.4, 0.5) is 4.79 Å². The van der Waals surface area contributed by atoms with E-state index in [-0.39, 0.29) is 10.8 Å². The van der Waals surface area contributed by atoms with Gasteiger partial charge < -0.3 is 9.47 Å². The summed E-state index contributed by atoms with van der Waals surface area (Å²) < 4.78 is 9.90. The third-order valence-electron chi connectivity index (χ3n) is 1.48. The molecule has 0 aromatic heterocycles. The number of ether oxygens (including phenoxy) is 2. The second-order valence-corrected chi connectivity index (χ2v) is 4.98. The number of benzene rings is 1. The predicted molar refractivity (Wildman–Crippen MR) is 63.3 cm³/mol. The summed E-state index contributed by atoms with van der Waals surface area (Å²) in [4.78, 5) is 11.3. The lowest BCUT2D eigenvalue weighted by atomic mass is 10.2. The minimum atomic E-state index is -0.795. The summed E-state index contributed by atoms with van der Waals surface area (Å²) in [7, 11) is 0. The van der Waals surface area contributed by atoms with Crippen molar-refractivity contribution in [3.05, 3.63) is 28.2 Å². The minimum Gasteiger partial charge on any atom is -0.428 e. The van der Waals surface area contributed by atoms with Gasteiger partial charge in [0.25, 0.3) is 0 Å². The molecule has 0 radical (unpaired) electrons. The monoisotopic (exact) mass is 262 g/mol. The molecule has 0 atom stereocenters. The fourth-order valence-electron chi connectivity index (χ4n) is 0.919. The van der Waals surface area contributed by atoms with Crippen molar-refractivity contribution in [2.45, 2.75) is 26.4 Å². The smallest absolute Gasteiger partial charge is 0.428 e. The van der Waals surface area contributed by atoms with Gasteiger partial charge in [-0.3, -0.25) is 0 Å². The number of carbonyl (C=O) groups is 1. The standard InChI is InChI=1S/C11H12Cl2O3/c1-11(2,3)16-10(14)15-9-5-4-7(12)6-8(9)13/h4-6H,1-3H3. The SMILES string of the molecule is CC(C)(C)OC(=O)Oc1ccc(Cl)cc1Cl. The number of hydrogen-bond acceptors (Lipinski definition) is 3. The highest BCUT2D eigenvalue weighted by atomic mass is 35.5. The van der Waals surface area contributed by atoms with Gasteiger partial charge >= 0.3 is 6.16 Å². The van der Waals surface area contributed by atoms with E-state index in [1.807, 2.05) is 0 Å². The quantitative estimate of drug-likeness (QED) is 0.559. The molecule has 0 saturated carbocycles. The van der Waals surface area contributed by atoms with Crippen LogP contribution in [0.3, 0.4) is 0 Å². The van der Waals surface area contributed by atoms with Crippen molar-refractivity contribution < 1.29 is 14.3 Å². The van der Waals surface area contributed by atoms with Crippen LogP contribution in [-0.4, -0.2) is 11.8 Å². The van der Waals surface area contributed by atoms with Crippen molar-refractivity contribution in [1.82, 2.24) is 0 Å². The topological polar surface area (TPSA) is 35.5 Å². The maximum atomic E-state index is 11.3. The zero-order valence-electron chi connectivity index (χ0n) is 9.21. The average Bonchev–Trinajstić information content (AvgIpc) is 2.06. The number of halogens is 2. The van der Waals surface area contributed by atoms with Crippen LogP contribution >= 0.6 is 23.2 Å². The van der Waals surface area contributed by atoms with Gasteiger partial charge in [0, 0.05) is 5.02 Å². The van der Waals surface area contributed by atoms with Crippen LogP contribution in [0, 0.1) is 0 Å². The van der Waals surface area contributed by atoms with Gasteiger partial charge in [-0.25, -0.2) is 4.79 Å². The summed E-state index contributed by atoms with van der Waals surface area (Å²) in [5.74, 6) is 0.223. The Balaban J connectivity index is 2.70. The second-order valence-electron chi connectivity index (χ2n) is 4.14. The molecule has 1 rings (SSSR count). The largest absolute Gasteiger partial charge is 0.514 e. The molecule has 1 aromatic rings. The third-order valence-corrected chi connectivity index (χ3v) is 2.01. The van der Waals surface area contributed by atoms with Crippen LogP contribution in [0.15, 0.2) is 18.2 Å². The summed E-state index contributed by atoms with van der Waals surface area (Å²) in [6, 6.07) is 4.57. The van der Waals surface area contributed by atoms with Crippen LogP contribution in [0.25, 0.3) is 0 Å². The highest BCUT2D eigenvalue weighted by Gasteiger charge is 2.18. The van der Waals surface area contributed by atoms with Gasteiger partial charge in [-0.05, 0) is 39.0 Å². The number of rotatable bonds is 1. The van der Waals surface area contributed by atoms with E-state index in [1.165, 1.54) is 12.1 Å². The Labute approximate surface area is 104 Å². The van der Waals surface area contributed by atoms with E-state index in [0.717, 1.165) is 0 Å². The zero-order valence-corrected chi connectivity index (χ0v) is 10.7. The molecule has 0 aliphatic carbocycles. The number of hydrogen-bond donors (Lipinski definition) is 0. The van der Waals surface area contributed by atoms with Gasteiger partial charge in [0.05, 0.1) is 5.02 Å². The molecule has 0 N–H and O–H groups in total. The average molecular weight is 263 g/mol. The molecule has 0 amide bonds. The highest BCUT2D eigenvalue weighted by Crippen LogP contribution is 2.28. The van der Waals surface area contributed by atoms with Crippen LogP contribution in [-0.2, 0) is 4.74 Å². The van der Waals surface area contributed by atoms with E-state index in [4.69, 9.17) is 32.7 Å². The van der Waals surface area contributed by atoms with E-state index < -0.39 is 11.8 Å². The minimum absolute atomic E-state index is 0.223. The molecular weight excluding hydrogens is 251 g/mol. The summed E-state index contributed by atoms with van der Waals surface area (Å²) in [6.45, 7) is 5.24. The molecule has 88 valence electrons. The zero-order chi connectivity index (χ0) is 12.3. The number of carbonyl (C=O) groups excluding carboxylic acids is 1. The molecule has 1 aromatic carbocycles. The molecule has 0 fully saturated rings. The molecule has 0 unspecified atom stereocenters. The van der Waals surface area contributed by atoms with Gasteiger partial charge in [0.15, 0.2) is 5.75 Å². The molecule has 0 spiro atoms. The molecular formula is C11H12Cl2O3. The predicted octanol–water partition coefficient (Wildman–Crippen LogP) is 4.31. The van der Waals surface area contributed by atoms with Gasteiger partial charge in [-0.15, -0.1) is 0 Å². The maximum Gasteiger partial charge on any atom is 0.514 e. The van der Waals surface area contributed by atoms with Crippen molar-refractivity contribution >= 4 is 29.4 Å². The van der Waals surface area contributed by atoms with Crippen LogP contribution in [0.1, 0.15) is 20.8 Å². The first-order valence-corrected chi connectivity index (χ1v) is 5.39. The van der Waals surface area contributed by atoms with E-state index >= 15 is 0 Å². The molecule has 0 bridgehead atoms. The Morgan fingerprint density at radius 1 is 1.25 bits per heavy atom. The van der Waals surface area contributed by atoms with Gasteiger partial charge in [-0.2, -0.15) is 0 Å². The molecule has 0 aliphatic heterocycles. The normalized spacial score (nSPS) is 11.1. The first-order valence-electron chi connectivity index (χ1n) is 4.64. The summed E-state index contributed by atoms with van der Waals surface area (Å²) in [5.41, 5.74) is -0.601. The fraction of sp³-hybridized carbons (Fsp3) is 0.364. The lowest BCUT2D eigenvalue weighted by molar-refractivity contribution is 0.0206. The summed E-state index contributed by atoms with van der Waals surface area (Å²) in [6.07, 6.45) is -0.795. The molecule has 16 heavy (non-hydrogen) atoms. The maximum absolute atomic E-state index is 11.3. The Morgan fingerprint density at radius 2 is 1.88 bits per heavy atom. The van der Waals surface area contributed by atoms with E-state index in [1.54, 1.807) is 26.8 Å². The van der Waals surface area contributed by atoms with Crippen molar-refractivity contribution in [1.29, 1.82) is 0 Å². The molecule has 5 heteroatoms. The summed E-state index contributed by atoms with van der Waals surface area (Å²) >= 11 is 11.5. The first-order chi connectivity index (χ1) is 7.28. The van der Waals surface area contributed by atoms with Crippen LogP contribution in [0.2, 0.25) is 10.0 Å². The van der Waals surface area contributed by atoms with Crippen molar-refractivity contribution in [3.63, 3.8) is 0 Å². The molecule has 0 saturated heterocycles. The van der Waals surface area contributed by atoms with E-state index in [2.05, 4.69) is 0 Å². The van der Waals surface area contributed by atoms with Gasteiger partial charge in [0.1, 0.15) is 5.60 Å². The Morgan fingerprint density at radius 3 is 2.38 bits per heavy atom. The fourth-order valence-corrected chi connectivity index (χ4v) is 1.37. The lowest BCUT2D eigenvalue weighted by Crippen LogP contribution is -2.26. The van der Waals surface area contributed by atoms with Gasteiger partial charge in [0.2, 0.25) is 0 Å².